The van der Waals surface area contributed by atoms with Gasteiger partial charge in [0.05, 0.1) is 17.4 Å². The number of amides is 2. The van der Waals surface area contributed by atoms with Crippen LogP contribution in [-0.4, -0.2) is 32.3 Å². The molecular weight excluding hydrogens is 437 g/mol. The lowest BCUT2D eigenvalue weighted by Gasteiger charge is -2.09. The molecule has 0 spiro atoms. The fourth-order valence-corrected chi connectivity index (χ4v) is 2.95. The number of rotatable bonds is 5. The molecule has 0 fully saturated rings. The first-order valence-corrected chi connectivity index (χ1v) is 9.34. The molecule has 8 nitrogen and oxygen atoms in total. The summed E-state index contributed by atoms with van der Waals surface area (Å²) in [6.45, 7) is 0.670. The zero-order chi connectivity index (χ0) is 22.0. The number of carbonyl (C=O) groups excluding carboxylic acids is 1. The number of nitrogens with zero attached hydrogens (tertiary/aromatic N) is 4. The Morgan fingerprint density at radius 3 is 2.65 bits per heavy atom. The third kappa shape index (κ3) is 4.77. The molecule has 0 radical (unpaired) electrons. The van der Waals surface area contributed by atoms with Crippen LogP contribution in [-0.2, 0) is 12.7 Å². The highest BCUT2D eigenvalue weighted by atomic mass is 35.5. The van der Waals surface area contributed by atoms with Crippen LogP contribution in [0.3, 0.4) is 0 Å². The molecule has 2 N–H and O–H groups in total. The number of hydrogen-bond donors (Lipinski definition) is 2. The van der Waals surface area contributed by atoms with Crippen molar-refractivity contribution in [3.05, 3.63) is 59.7 Å². The van der Waals surface area contributed by atoms with E-state index in [-0.39, 0.29) is 18.4 Å². The third-order valence-electron chi connectivity index (χ3n) is 4.29. The number of imidazole rings is 1. The maximum atomic E-state index is 12.7. The summed E-state index contributed by atoms with van der Waals surface area (Å²) in [7, 11) is 0. The van der Waals surface area contributed by atoms with E-state index < -0.39 is 12.1 Å². The van der Waals surface area contributed by atoms with Crippen LogP contribution in [0, 0.1) is 0 Å². The molecule has 0 aliphatic heterocycles. The van der Waals surface area contributed by atoms with Gasteiger partial charge in [0.1, 0.15) is 0 Å². The first kappa shape index (κ1) is 20.7. The Hall–Kier alpha value is -3.60. The normalized spacial score (nSPS) is 11.6. The van der Waals surface area contributed by atoms with Gasteiger partial charge >= 0.3 is 18.1 Å². The van der Waals surface area contributed by atoms with Gasteiger partial charge in [-0.05, 0) is 42.5 Å². The van der Waals surface area contributed by atoms with E-state index in [0.717, 1.165) is 0 Å². The summed E-state index contributed by atoms with van der Waals surface area (Å²) >= 11 is 5.81. The molecule has 4 aromatic rings. The highest BCUT2D eigenvalue weighted by Gasteiger charge is 2.38. The Bertz CT molecular complexity index is 1220. The SMILES string of the molecule is O=C(NCCn1cnc2ccc(-c3noc(C(F)(F)F)n3)cc21)Nc1ccc(Cl)cc1. The van der Waals surface area contributed by atoms with E-state index in [2.05, 4.69) is 30.3 Å². The van der Waals surface area contributed by atoms with Crippen LogP contribution in [0.4, 0.5) is 23.7 Å². The van der Waals surface area contributed by atoms with Gasteiger partial charge in [-0.2, -0.15) is 18.2 Å². The average molecular weight is 451 g/mol. The molecule has 0 saturated heterocycles. The molecule has 2 amide bonds. The fraction of sp³-hybridized carbons (Fsp3) is 0.158. The van der Waals surface area contributed by atoms with Crippen LogP contribution in [0.25, 0.3) is 22.4 Å². The topological polar surface area (TPSA) is 97.9 Å². The van der Waals surface area contributed by atoms with Gasteiger partial charge in [-0.25, -0.2) is 9.78 Å². The quantitative estimate of drug-likeness (QED) is 0.464. The van der Waals surface area contributed by atoms with Crippen LogP contribution in [0.2, 0.25) is 5.02 Å². The van der Waals surface area contributed by atoms with Crippen LogP contribution in [0.5, 0.6) is 0 Å². The molecule has 2 aromatic carbocycles. The number of urea groups is 1. The predicted octanol–water partition coefficient (Wildman–Crippen LogP) is 4.58. The zero-order valence-corrected chi connectivity index (χ0v) is 16.4. The van der Waals surface area contributed by atoms with Gasteiger partial charge in [0, 0.05) is 29.4 Å². The Morgan fingerprint density at radius 1 is 1.16 bits per heavy atom. The summed E-state index contributed by atoms with van der Waals surface area (Å²) in [5.41, 5.74) is 2.23. The highest BCUT2D eigenvalue weighted by molar-refractivity contribution is 6.30. The largest absolute Gasteiger partial charge is 0.471 e. The number of hydrogen-bond acceptors (Lipinski definition) is 5. The lowest BCUT2D eigenvalue weighted by molar-refractivity contribution is -0.159. The van der Waals surface area contributed by atoms with E-state index in [1.165, 1.54) is 0 Å². The second-order valence-electron chi connectivity index (χ2n) is 6.45. The number of benzene rings is 2. The van der Waals surface area contributed by atoms with Crippen molar-refractivity contribution in [3.63, 3.8) is 0 Å². The number of fused-ring (bicyclic) bond motifs is 1. The number of anilines is 1. The molecule has 4 rings (SSSR count). The Morgan fingerprint density at radius 2 is 1.94 bits per heavy atom. The summed E-state index contributed by atoms with van der Waals surface area (Å²) in [6, 6.07) is 11.1. The van der Waals surface area contributed by atoms with Crippen LogP contribution in [0.15, 0.2) is 53.3 Å². The van der Waals surface area contributed by atoms with Crippen molar-refractivity contribution in [2.75, 3.05) is 11.9 Å². The number of aromatic nitrogens is 4. The highest BCUT2D eigenvalue weighted by Crippen LogP contribution is 2.30. The van der Waals surface area contributed by atoms with E-state index in [9.17, 15) is 18.0 Å². The average Bonchev–Trinajstić information content (AvgIpc) is 3.37. The molecule has 0 unspecified atom stereocenters. The maximum Gasteiger partial charge on any atom is 0.471 e. The first-order chi connectivity index (χ1) is 14.8. The molecular formula is C19H14ClF3N6O2. The number of nitrogens with one attached hydrogen (secondary N) is 2. The Kier molecular flexibility index (Phi) is 5.51. The molecule has 2 aromatic heterocycles. The molecule has 160 valence electrons. The molecule has 31 heavy (non-hydrogen) atoms. The van der Waals surface area contributed by atoms with Gasteiger partial charge in [0.15, 0.2) is 0 Å². The van der Waals surface area contributed by atoms with Gasteiger partial charge in [-0.1, -0.05) is 16.8 Å². The number of halogens is 4. The van der Waals surface area contributed by atoms with Crippen LogP contribution < -0.4 is 10.6 Å². The summed E-state index contributed by atoms with van der Waals surface area (Å²) in [6.07, 6.45) is -3.14. The van der Waals surface area contributed by atoms with Crippen molar-refractivity contribution in [3.8, 4) is 11.4 Å². The molecule has 0 atom stereocenters. The Labute approximate surface area is 178 Å². The monoisotopic (exact) mass is 450 g/mol. The lowest BCUT2D eigenvalue weighted by atomic mass is 10.2. The molecule has 0 aliphatic carbocycles. The standard InChI is InChI=1S/C19H14ClF3N6O2/c20-12-2-4-13(5-3-12)26-18(30)24-7-8-29-10-25-14-6-1-11(9-15(14)29)16-27-17(31-28-16)19(21,22)23/h1-6,9-10H,7-8H2,(H2,24,26,30). The van der Waals surface area contributed by atoms with Gasteiger partial charge in [-0.15, -0.1) is 0 Å². The van der Waals surface area contributed by atoms with Crippen LogP contribution >= 0.6 is 11.6 Å². The summed E-state index contributed by atoms with van der Waals surface area (Å²) < 4.78 is 44.1. The second-order valence-corrected chi connectivity index (χ2v) is 6.89. The lowest BCUT2D eigenvalue weighted by Crippen LogP contribution is -2.31. The summed E-state index contributed by atoms with van der Waals surface area (Å²) in [4.78, 5) is 19.7. The minimum atomic E-state index is -4.71. The molecule has 12 heteroatoms. The molecule has 0 saturated carbocycles. The molecule has 2 heterocycles. The van der Waals surface area contributed by atoms with E-state index in [1.54, 1.807) is 53.4 Å². The van der Waals surface area contributed by atoms with Gasteiger partial charge in [0.2, 0.25) is 5.82 Å². The Balaban J connectivity index is 1.42. The van der Waals surface area contributed by atoms with Crippen molar-refractivity contribution in [2.24, 2.45) is 0 Å². The van der Waals surface area contributed by atoms with E-state index in [4.69, 9.17) is 11.6 Å². The fourth-order valence-electron chi connectivity index (χ4n) is 2.83. The van der Waals surface area contributed by atoms with E-state index in [1.807, 2.05) is 0 Å². The number of carbonyl (C=O) groups is 1. The maximum absolute atomic E-state index is 12.7. The molecule has 0 aliphatic rings. The van der Waals surface area contributed by atoms with Gasteiger partial charge < -0.3 is 19.7 Å². The van der Waals surface area contributed by atoms with Crippen molar-refractivity contribution >= 4 is 34.4 Å². The van der Waals surface area contributed by atoms with Crippen molar-refractivity contribution < 1.29 is 22.5 Å². The second kappa shape index (κ2) is 8.26. The van der Waals surface area contributed by atoms with Gasteiger partial charge in [-0.3, -0.25) is 0 Å². The smallest absolute Gasteiger partial charge is 0.336 e. The summed E-state index contributed by atoms with van der Waals surface area (Å²) in [5.74, 6) is -1.59. The zero-order valence-electron chi connectivity index (χ0n) is 15.7. The van der Waals surface area contributed by atoms with Gasteiger partial charge in [0.25, 0.3) is 0 Å². The van der Waals surface area contributed by atoms with Crippen molar-refractivity contribution in [1.29, 1.82) is 0 Å². The minimum absolute atomic E-state index is 0.178. The third-order valence-corrected chi connectivity index (χ3v) is 4.54. The first-order valence-electron chi connectivity index (χ1n) is 8.96. The van der Waals surface area contributed by atoms with Crippen molar-refractivity contribution in [2.45, 2.75) is 12.7 Å². The van der Waals surface area contributed by atoms with E-state index in [0.29, 0.717) is 33.9 Å². The van der Waals surface area contributed by atoms with Crippen molar-refractivity contribution in [1.82, 2.24) is 25.0 Å². The van der Waals surface area contributed by atoms with E-state index >= 15 is 0 Å². The number of alkyl halides is 3. The predicted molar refractivity (Wildman–Crippen MR) is 107 cm³/mol. The summed E-state index contributed by atoms with van der Waals surface area (Å²) in [5, 5.41) is 9.36. The minimum Gasteiger partial charge on any atom is -0.336 e. The molecule has 0 bridgehead atoms. The van der Waals surface area contributed by atoms with Crippen LogP contribution in [0.1, 0.15) is 5.89 Å².